The number of nitrogens with two attached hydrogens (primary N) is 1. The Morgan fingerprint density at radius 2 is 1.79 bits per heavy atom. The number of alkyl halides is 2. The van der Waals surface area contributed by atoms with Crippen molar-refractivity contribution in [2.75, 3.05) is 0 Å². The van der Waals surface area contributed by atoms with Crippen LogP contribution in [0, 0.1) is 5.82 Å². The lowest BCUT2D eigenvalue weighted by Gasteiger charge is -2.14. The highest BCUT2D eigenvalue weighted by Crippen LogP contribution is 2.33. The van der Waals surface area contributed by atoms with Crippen LogP contribution in [0.25, 0.3) is 0 Å². The van der Waals surface area contributed by atoms with Gasteiger partial charge in [0.15, 0.2) is 0 Å². The van der Waals surface area contributed by atoms with Gasteiger partial charge in [-0.3, -0.25) is 0 Å². The molecule has 1 nitrogen and oxygen atoms in total. The topological polar surface area (TPSA) is 26.0 Å². The van der Waals surface area contributed by atoms with E-state index in [1.807, 2.05) is 0 Å². The van der Waals surface area contributed by atoms with Gasteiger partial charge in [-0.25, -0.2) is 13.2 Å². The fraction of sp³-hybridized carbons (Fsp3) is 0.250. The van der Waals surface area contributed by atoms with Crippen molar-refractivity contribution in [1.82, 2.24) is 0 Å². The molecule has 0 aromatic heterocycles. The summed E-state index contributed by atoms with van der Waals surface area (Å²) in [4.78, 5) is 0. The Hall–Kier alpha value is -0.450. The minimum Gasteiger partial charge on any atom is -0.319 e. The largest absolute Gasteiger partial charge is 0.319 e. The molecule has 0 radical (unpaired) electrons. The zero-order valence-corrected chi connectivity index (χ0v) is 8.29. The molecule has 0 saturated carbocycles. The molecule has 1 aromatic carbocycles. The van der Waals surface area contributed by atoms with Gasteiger partial charge in [0, 0.05) is 5.56 Å². The first-order chi connectivity index (χ1) is 6.45. The van der Waals surface area contributed by atoms with Gasteiger partial charge in [0.25, 0.3) is 6.43 Å². The number of benzene rings is 1. The van der Waals surface area contributed by atoms with Gasteiger partial charge in [0.05, 0.1) is 16.1 Å². The van der Waals surface area contributed by atoms with Crippen molar-refractivity contribution in [3.05, 3.63) is 33.6 Å². The van der Waals surface area contributed by atoms with Crippen molar-refractivity contribution in [1.29, 1.82) is 0 Å². The van der Waals surface area contributed by atoms with Crippen LogP contribution >= 0.6 is 23.2 Å². The molecule has 0 saturated heterocycles. The normalized spacial score (nSPS) is 13.4. The third kappa shape index (κ3) is 2.13. The summed E-state index contributed by atoms with van der Waals surface area (Å²) in [5.41, 5.74) is 4.63. The molecular formula is C8H6Cl2F3N. The first-order valence-electron chi connectivity index (χ1n) is 3.62. The molecule has 0 amide bonds. The van der Waals surface area contributed by atoms with Crippen LogP contribution in [0.1, 0.15) is 11.6 Å². The fourth-order valence-corrected chi connectivity index (χ4v) is 1.42. The second kappa shape index (κ2) is 4.38. The van der Waals surface area contributed by atoms with Crippen LogP contribution in [0.2, 0.25) is 10.0 Å². The van der Waals surface area contributed by atoms with Crippen LogP contribution in [-0.2, 0) is 0 Å². The highest BCUT2D eigenvalue weighted by Gasteiger charge is 2.24. The van der Waals surface area contributed by atoms with Crippen molar-refractivity contribution >= 4 is 23.2 Å². The van der Waals surface area contributed by atoms with E-state index in [2.05, 4.69) is 0 Å². The predicted octanol–water partition coefficient (Wildman–Crippen LogP) is 3.40. The molecule has 0 aliphatic carbocycles. The molecule has 78 valence electrons. The van der Waals surface area contributed by atoms with E-state index in [-0.39, 0.29) is 10.0 Å². The predicted molar refractivity (Wildman–Crippen MR) is 49.4 cm³/mol. The Bertz CT molecular complexity index is 344. The Morgan fingerprint density at radius 1 is 1.21 bits per heavy atom. The quantitative estimate of drug-likeness (QED) is 0.792. The second-order valence-electron chi connectivity index (χ2n) is 2.62. The maximum absolute atomic E-state index is 13.1. The summed E-state index contributed by atoms with van der Waals surface area (Å²) in [5, 5.41) is -0.265. The van der Waals surface area contributed by atoms with Gasteiger partial charge in [0.2, 0.25) is 0 Å². The summed E-state index contributed by atoms with van der Waals surface area (Å²) in [6.45, 7) is 0. The van der Waals surface area contributed by atoms with Crippen molar-refractivity contribution in [3.63, 3.8) is 0 Å². The molecule has 6 heteroatoms. The van der Waals surface area contributed by atoms with Gasteiger partial charge in [0.1, 0.15) is 5.82 Å². The highest BCUT2D eigenvalue weighted by molar-refractivity contribution is 6.42. The van der Waals surface area contributed by atoms with Crippen LogP contribution in [0.3, 0.4) is 0 Å². The van der Waals surface area contributed by atoms with Gasteiger partial charge < -0.3 is 5.73 Å². The molecule has 0 fully saturated rings. The lowest BCUT2D eigenvalue weighted by Crippen LogP contribution is -2.20. The fourth-order valence-electron chi connectivity index (χ4n) is 0.974. The Labute approximate surface area is 88.6 Å². The molecule has 2 N–H and O–H groups in total. The number of rotatable bonds is 2. The first kappa shape index (κ1) is 11.6. The van der Waals surface area contributed by atoms with E-state index in [0.717, 1.165) is 6.07 Å². The lowest BCUT2D eigenvalue weighted by molar-refractivity contribution is 0.115. The first-order valence-corrected chi connectivity index (χ1v) is 4.38. The Balaban J connectivity index is 3.25. The molecule has 1 aromatic rings. The maximum Gasteiger partial charge on any atom is 0.257 e. The van der Waals surface area contributed by atoms with Gasteiger partial charge >= 0.3 is 0 Å². The van der Waals surface area contributed by atoms with Gasteiger partial charge in [-0.15, -0.1) is 0 Å². The zero-order chi connectivity index (χ0) is 10.9. The van der Waals surface area contributed by atoms with E-state index in [1.54, 1.807) is 0 Å². The summed E-state index contributed by atoms with van der Waals surface area (Å²) >= 11 is 11.1. The second-order valence-corrected chi connectivity index (χ2v) is 3.40. The van der Waals surface area contributed by atoms with Crippen LogP contribution in [0.4, 0.5) is 13.2 Å². The Morgan fingerprint density at radius 3 is 2.29 bits per heavy atom. The summed E-state index contributed by atoms with van der Waals surface area (Å²) in [6.07, 6.45) is -2.89. The van der Waals surface area contributed by atoms with E-state index in [1.165, 1.54) is 6.07 Å². The standard InChI is InChI=1S/C8H6Cl2F3N/c9-3-1-2-4(11)5(6(3)10)7(14)8(12)13/h1-2,7-8H,14H2/t7-/m1/s1. The highest BCUT2D eigenvalue weighted by atomic mass is 35.5. The van der Waals surface area contributed by atoms with E-state index in [0.29, 0.717) is 0 Å². The van der Waals surface area contributed by atoms with E-state index >= 15 is 0 Å². The minimum atomic E-state index is -2.89. The van der Waals surface area contributed by atoms with E-state index in [4.69, 9.17) is 28.9 Å². The van der Waals surface area contributed by atoms with Crippen LogP contribution < -0.4 is 5.73 Å². The Kier molecular flexibility index (Phi) is 3.64. The van der Waals surface area contributed by atoms with Crippen molar-refractivity contribution in [3.8, 4) is 0 Å². The van der Waals surface area contributed by atoms with E-state index in [9.17, 15) is 13.2 Å². The zero-order valence-electron chi connectivity index (χ0n) is 6.78. The number of hydrogen-bond acceptors (Lipinski definition) is 1. The smallest absolute Gasteiger partial charge is 0.257 e. The summed E-state index contributed by atoms with van der Waals surface area (Å²) < 4.78 is 37.5. The third-order valence-corrected chi connectivity index (χ3v) is 2.50. The summed E-state index contributed by atoms with van der Waals surface area (Å²) in [5.74, 6) is -0.882. The molecule has 0 unspecified atom stereocenters. The summed E-state index contributed by atoms with van der Waals surface area (Å²) in [6, 6.07) is 0.369. The molecule has 0 bridgehead atoms. The van der Waals surface area contributed by atoms with Crippen molar-refractivity contribution in [2.45, 2.75) is 12.5 Å². The molecule has 1 rings (SSSR count). The minimum absolute atomic E-state index is 0.000772. The molecule has 0 aliphatic heterocycles. The molecule has 14 heavy (non-hydrogen) atoms. The number of hydrogen-bond donors (Lipinski definition) is 1. The van der Waals surface area contributed by atoms with E-state index < -0.39 is 23.8 Å². The molecular weight excluding hydrogens is 238 g/mol. The third-order valence-electron chi connectivity index (χ3n) is 1.68. The molecule has 0 aliphatic rings. The molecule has 1 atom stereocenters. The lowest BCUT2D eigenvalue weighted by atomic mass is 10.1. The van der Waals surface area contributed by atoms with Gasteiger partial charge in [-0.1, -0.05) is 23.2 Å². The van der Waals surface area contributed by atoms with Crippen LogP contribution in [-0.4, -0.2) is 6.43 Å². The number of halogens is 5. The molecule has 0 spiro atoms. The average Bonchev–Trinajstić information content (AvgIpc) is 2.12. The van der Waals surface area contributed by atoms with Gasteiger partial charge in [-0.05, 0) is 12.1 Å². The van der Waals surface area contributed by atoms with Gasteiger partial charge in [-0.2, -0.15) is 0 Å². The average molecular weight is 244 g/mol. The van der Waals surface area contributed by atoms with Crippen LogP contribution in [0.15, 0.2) is 12.1 Å². The van der Waals surface area contributed by atoms with Crippen LogP contribution in [0.5, 0.6) is 0 Å². The molecule has 0 heterocycles. The SMILES string of the molecule is N[C@H](c1c(F)ccc(Cl)c1Cl)C(F)F. The maximum atomic E-state index is 13.1. The summed E-state index contributed by atoms with van der Waals surface area (Å²) in [7, 11) is 0. The van der Waals surface area contributed by atoms with Crippen molar-refractivity contribution < 1.29 is 13.2 Å². The van der Waals surface area contributed by atoms with Crippen molar-refractivity contribution in [2.24, 2.45) is 5.73 Å². The monoisotopic (exact) mass is 243 g/mol.